The number of ether oxygens (including phenoxy) is 2. The second kappa shape index (κ2) is 8.00. The average Bonchev–Trinajstić information content (AvgIpc) is 3.03. The van der Waals surface area contributed by atoms with Crippen LogP contribution in [-0.2, 0) is 24.2 Å². The molecule has 3 aromatic rings. The number of aromatic nitrogens is 3. The largest absolute Gasteiger partial charge is 0.494 e. The molecule has 1 N–H and O–H groups in total. The molecule has 4 heterocycles. The van der Waals surface area contributed by atoms with Gasteiger partial charge in [-0.2, -0.15) is 9.61 Å². The second-order valence-corrected chi connectivity index (χ2v) is 7.63. The van der Waals surface area contributed by atoms with Crippen molar-refractivity contribution in [1.29, 1.82) is 0 Å². The Morgan fingerprint density at radius 2 is 2.07 bits per heavy atom. The molecule has 5 rings (SSSR count). The standard InChI is InChI=1S/C22H27N5O2/c1-2-28-17-5-3-4-16(12-17)15-29-18-13-26(14-18)22-19-6-9-23-10-7-20(19)25-21-8-11-24-27(21)22/h3-5,8,11-12,18,23H,2,6-7,9-10,13-15H2,1H3. The Labute approximate surface area is 170 Å². The van der Waals surface area contributed by atoms with Crippen molar-refractivity contribution < 1.29 is 9.47 Å². The quantitative estimate of drug-likeness (QED) is 0.693. The third-order valence-corrected chi connectivity index (χ3v) is 5.62. The minimum Gasteiger partial charge on any atom is -0.494 e. The van der Waals surface area contributed by atoms with Gasteiger partial charge in [-0.25, -0.2) is 4.98 Å². The maximum atomic E-state index is 6.16. The highest BCUT2D eigenvalue weighted by atomic mass is 16.5. The minimum atomic E-state index is 0.226. The van der Waals surface area contributed by atoms with Crippen LogP contribution < -0.4 is 15.0 Å². The Balaban J connectivity index is 1.28. The first-order valence-corrected chi connectivity index (χ1v) is 10.5. The zero-order valence-electron chi connectivity index (χ0n) is 16.8. The van der Waals surface area contributed by atoms with Gasteiger partial charge in [0.1, 0.15) is 11.6 Å². The topological polar surface area (TPSA) is 63.9 Å². The van der Waals surface area contributed by atoms with E-state index in [9.17, 15) is 0 Å². The van der Waals surface area contributed by atoms with E-state index >= 15 is 0 Å². The molecule has 2 aliphatic rings. The molecule has 1 saturated heterocycles. The molecule has 0 spiro atoms. The van der Waals surface area contributed by atoms with Gasteiger partial charge in [-0.3, -0.25) is 0 Å². The molecule has 0 aliphatic carbocycles. The van der Waals surface area contributed by atoms with E-state index in [1.165, 1.54) is 17.1 Å². The fraction of sp³-hybridized carbons (Fsp3) is 0.455. The fourth-order valence-electron chi connectivity index (χ4n) is 4.16. The molecule has 0 amide bonds. The van der Waals surface area contributed by atoms with Crippen LogP contribution in [0.2, 0.25) is 0 Å². The van der Waals surface area contributed by atoms with Crippen LogP contribution in [0.25, 0.3) is 5.65 Å². The molecule has 0 bridgehead atoms. The molecule has 0 atom stereocenters. The van der Waals surface area contributed by atoms with E-state index in [2.05, 4.69) is 27.4 Å². The summed E-state index contributed by atoms with van der Waals surface area (Å²) < 4.78 is 13.7. The van der Waals surface area contributed by atoms with Crippen LogP contribution in [0.5, 0.6) is 5.75 Å². The minimum absolute atomic E-state index is 0.226. The van der Waals surface area contributed by atoms with Crippen molar-refractivity contribution in [2.45, 2.75) is 32.5 Å². The van der Waals surface area contributed by atoms with Crippen LogP contribution in [0, 0.1) is 0 Å². The van der Waals surface area contributed by atoms with Crippen LogP contribution >= 0.6 is 0 Å². The van der Waals surface area contributed by atoms with Gasteiger partial charge in [0.15, 0.2) is 5.65 Å². The van der Waals surface area contributed by atoms with Crippen molar-refractivity contribution in [2.75, 3.05) is 37.7 Å². The Morgan fingerprint density at radius 3 is 2.97 bits per heavy atom. The van der Waals surface area contributed by atoms with Crippen LogP contribution in [0.15, 0.2) is 36.5 Å². The van der Waals surface area contributed by atoms with E-state index < -0.39 is 0 Å². The lowest BCUT2D eigenvalue weighted by Crippen LogP contribution is -2.53. The van der Waals surface area contributed by atoms with Gasteiger partial charge in [0.25, 0.3) is 0 Å². The van der Waals surface area contributed by atoms with Crippen LogP contribution in [-0.4, -0.2) is 53.5 Å². The van der Waals surface area contributed by atoms with E-state index in [-0.39, 0.29) is 6.10 Å². The first kappa shape index (κ1) is 18.4. The summed E-state index contributed by atoms with van der Waals surface area (Å²) in [5, 5.41) is 8.02. The fourth-order valence-corrected chi connectivity index (χ4v) is 4.16. The summed E-state index contributed by atoms with van der Waals surface area (Å²) in [7, 11) is 0. The van der Waals surface area contributed by atoms with Gasteiger partial charge in [-0.05, 0) is 37.6 Å². The van der Waals surface area contributed by atoms with Gasteiger partial charge >= 0.3 is 0 Å². The third kappa shape index (κ3) is 3.68. The molecule has 0 unspecified atom stereocenters. The molecule has 1 aromatic carbocycles. The van der Waals surface area contributed by atoms with Crippen molar-refractivity contribution in [3.8, 4) is 5.75 Å². The molecule has 7 nitrogen and oxygen atoms in total. The summed E-state index contributed by atoms with van der Waals surface area (Å²) in [4.78, 5) is 7.23. The second-order valence-electron chi connectivity index (χ2n) is 7.63. The molecule has 0 radical (unpaired) electrons. The lowest BCUT2D eigenvalue weighted by molar-refractivity contribution is 0.0218. The lowest BCUT2D eigenvalue weighted by Gasteiger charge is -2.41. The van der Waals surface area contributed by atoms with E-state index in [4.69, 9.17) is 14.5 Å². The molecular formula is C22H27N5O2. The Hall–Kier alpha value is -2.64. The van der Waals surface area contributed by atoms with Gasteiger partial charge in [0, 0.05) is 37.7 Å². The highest BCUT2D eigenvalue weighted by molar-refractivity contribution is 5.59. The highest BCUT2D eigenvalue weighted by Crippen LogP contribution is 2.30. The summed E-state index contributed by atoms with van der Waals surface area (Å²) in [5.41, 5.74) is 4.61. The molecule has 1 fully saturated rings. The van der Waals surface area contributed by atoms with Gasteiger partial charge in [-0.15, -0.1) is 0 Å². The normalized spacial score (nSPS) is 17.1. The average molecular weight is 393 g/mol. The summed E-state index contributed by atoms with van der Waals surface area (Å²) in [6.07, 6.45) is 4.01. The van der Waals surface area contributed by atoms with Crippen LogP contribution in [0.4, 0.5) is 5.82 Å². The summed E-state index contributed by atoms with van der Waals surface area (Å²) in [6, 6.07) is 10.1. The van der Waals surface area contributed by atoms with E-state index in [1.807, 2.05) is 35.8 Å². The molecule has 2 aromatic heterocycles. The maximum Gasteiger partial charge on any atom is 0.157 e. The number of anilines is 1. The summed E-state index contributed by atoms with van der Waals surface area (Å²) >= 11 is 0. The maximum absolute atomic E-state index is 6.16. The van der Waals surface area contributed by atoms with Crippen LogP contribution in [0.3, 0.4) is 0 Å². The van der Waals surface area contributed by atoms with Gasteiger partial charge < -0.3 is 19.7 Å². The molecule has 29 heavy (non-hydrogen) atoms. The summed E-state index contributed by atoms with van der Waals surface area (Å²) in [5.74, 6) is 2.09. The van der Waals surface area contributed by atoms with E-state index in [1.54, 1.807) is 0 Å². The Kier molecular flexibility index (Phi) is 5.08. The summed E-state index contributed by atoms with van der Waals surface area (Å²) in [6.45, 7) is 7.01. The number of hydrogen-bond acceptors (Lipinski definition) is 6. The first-order chi connectivity index (χ1) is 14.3. The number of rotatable bonds is 6. The smallest absolute Gasteiger partial charge is 0.157 e. The monoisotopic (exact) mass is 393 g/mol. The van der Waals surface area contributed by atoms with Gasteiger partial charge in [0.2, 0.25) is 0 Å². The van der Waals surface area contributed by atoms with E-state index in [0.717, 1.165) is 56.0 Å². The molecule has 0 saturated carbocycles. The van der Waals surface area contributed by atoms with Crippen molar-refractivity contribution in [3.63, 3.8) is 0 Å². The van der Waals surface area contributed by atoms with Crippen molar-refractivity contribution in [2.24, 2.45) is 0 Å². The zero-order chi connectivity index (χ0) is 19.6. The number of hydrogen-bond donors (Lipinski definition) is 1. The Morgan fingerprint density at radius 1 is 1.17 bits per heavy atom. The first-order valence-electron chi connectivity index (χ1n) is 10.5. The number of fused-ring (bicyclic) bond motifs is 2. The number of nitrogens with one attached hydrogen (secondary N) is 1. The van der Waals surface area contributed by atoms with Gasteiger partial charge in [0.05, 0.1) is 31.2 Å². The predicted octanol–water partition coefficient (Wildman–Crippen LogP) is 2.22. The lowest BCUT2D eigenvalue weighted by atomic mass is 10.1. The number of nitrogens with zero attached hydrogens (tertiary/aromatic N) is 4. The third-order valence-electron chi connectivity index (χ3n) is 5.62. The predicted molar refractivity (Wildman–Crippen MR) is 112 cm³/mol. The Bertz CT molecular complexity index is 996. The van der Waals surface area contributed by atoms with E-state index in [0.29, 0.717) is 13.2 Å². The zero-order valence-corrected chi connectivity index (χ0v) is 16.8. The molecule has 152 valence electrons. The van der Waals surface area contributed by atoms with Gasteiger partial charge in [-0.1, -0.05) is 12.1 Å². The van der Waals surface area contributed by atoms with Crippen LogP contribution in [0.1, 0.15) is 23.7 Å². The molecule has 2 aliphatic heterocycles. The highest BCUT2D eigenvalue weighted by Gasteiger charge is 2.32. The number of benzene rings is 1. The van der Waals surface area contributed by atoms with Crippen molar-refractivity contribution in [3.05, 3.63) is 53.3 Å². The van der Waals surface area contributed by atoms with Crippen molar-refractivity contribution >= 4 is 11.5 Å². The molecule has 7 heteroatoms. The molecular weight excluding hydrogens is 366 g/mol. The van der Waals surface area contributed by atoms with Crippen molar-refractivity contribution in [1.82, 2.24) is 19.9 Å². The SMILES string of the molecule is CCOc1cccc(COC2CN(c3c4c(nc5ccnn35)CCNCC4)C2)c1.